The van der Waals surface area contributed by atoms with Crippen molar-refractivity contribution in [2.24, 2.45) is 0 Å². The van der Waals surface area contributed by atoms with Gasteiger partial charge in [-0.3, -0.25) is 0 Å². The molecule has 22 heavy (non-hydrogen) atoms. The van der Waals surface area contributed by atoms with Gasteiger partial charge in [-0.25, -0.2) is 4.79 Å². The number of aromatic carboxylic acids is 1. The monoisotopic (exact) mass is 321 g/mol. The summed E-state index contributed by atoms with van der Waals surface area (Å²) in [5.41, 5.74) is -1.44. The van der Waals surface area contributed by atoms with Crippen molar-refractivity contribution in [3.63, 3.8) is 0 Å². The normalized spacial score (nSPS) is 11.7. The van der Waals surface area contributed by atoms with Gasteiger partial charge < -0.3 is 24.1 Å². The van der Waals surface area contributed by atoms with Crippen molar-refractivity contribution in [2.75, 3.05) is 0 Å². The van der Waals surface area contributed by atoms with Crippen LogP contribution in [0.25, 0.3) is 0 Å². The highest BCUT2D eigenvalue weighted by Crippen LogP contribution is 2.33. The van der Waals surface area contributed by atoms with E-state index in [1.165, 1.54) is 20.8 Å². The van der Waals surface area contributed by atoms with Gasteiger partial charge in [0.05, 0.1) is 5.97 Å². The van der Waals surface area contributed by atoms with Crippen LogP contribution in [0, 0.1) is 0 Å². The number of benzene rings is 1. The average molecular weight is 321 g/mol. The zero-order valence-corrected chi connectivity index (χ0v) is 11.8. The molecule has 0 saturated heterocycles. The molecule has 0 N–H and O–H groups in total. The summed E-state index contributed by atoms with van der Waals surface area (Å²) in [6.45, 7) is 4.54. The minimum absolute atomic E-state index is 0.493. The molecule has 1 rings (SSSR count). The van der Waals surface area contributed by atoms with Crippen LogP contribution in [-0.4, -0.2) is 24.1 Å². The maximum absolute atomic E-state index is 12.3. The first-order chi connectivity index (χ1) is 9.87. The summed E-state index contributed by atoms with van der Waals surface area (Å²) >= 11 is 0. The van der Waals surface area contributed by atoms with Crippen LogP contribution in [0.15, 0.2) is 18.2 Å². The number of carboxylic acids is 1. The van der Waals surface area contributed by atoms with Gasteiger partial charge in [0, 0.05) is 5.56 Å². The fraction of sp³-hybridized carbons (Fsp3) is 0.385. The fourth-order valence-corrected chi connectivity index (χ4v) is 1.28. The molecule has 0 unspecified atom stereocenters. The van der Waals surface area contributed by atoms with Crippen LogP contribution in [0.3, 0.4) is 0 Å². The van der Waals surface area contributed by atoms with E-state index < -0.39 is 41.2 Å². The summed E-state index contributed by atoms with van der Waals surface area (Å²) in [4.78, 5) is 22.2. The smallest absolute Gasteiger partial charge is 0.545 e. The van der Waals surface area contributed by atoms with E-state index in [4.69, 9.17) is 4.74 Å². The van der Waals surface area contributed by atoms with E-state index in [0.717, 1.165) is 6.07 Å². The van der Waals surface area contributed by atoms with Gasteiger partial charge in [-0.15, -0.1) is 13.2 Å². The summed E-state index contributed by atoms with van der Waals surface area (Å²) in [6, 6.07) is 2.18. The zero-order valence-electron chi connectivity index (χ0n) is 11.8. The number of hydrogen-bond donors (Lipinski definition) is 0. The van der Waals surface area contributed by atoms with Crippen molar-refractivity contribution in [2.45, 2.75) is 32.7 Å². The topological polar surface area (TPSA) is 84.9 Å². The molecular weight excluding hydrogens is 309 g/mol. The molecule has 0 radical (unpaired) electrons. The summed E-state index contributed by atoms with van der Waals surface area (Å²) in [6.07, 6.45) is -6.36. The third kappa shape index (κ3) is 5.90. The Kier molecular flexibility index (Phi) is 4.90. The van der Waals surface area contributed by atoms with E-state index >= 15 is 0 Å². The molecule has 1 aromatic rings. The Morgan fingerprint density at radius 2 is 1.68 bits per heavy atom. The number of alkyl halides is 3. The molecule has 6 nitrogen and oxygen atoms in total. The first kappa shape index (κ1) is 17.6. The van der Waals surface area contributed by atoms with Gasteiger partial charge in [0.1, 0.15) is 5.60 Å². The zero-order chi connectivity index (χ0) is 17.1. The fourth-order valence-electron chi connectivity index (χ4n) is 1.28. The largest absolute Gasteiger partial charge is 0.573 e. The van der Waals surface area contributed by atoms with Crippen molar-refractivity contribution in [1.82, 2.24) is 0 Å². The van der Waals surface area contributed by atoms with Crippen molar-refractivity contribution >= 4 is 12.1 Å². The van der Waals surface area contributed by atoms with Gasteiger partial charge in [-0.05, 0) is 39.0 Å². The van der Waals surface area contributed by atoms with E-state index in [9.17, 15) is 27.9 Å². The quantitative estimate of drug-likeness (QED) is 0.627. The number of rotatable bonds is 3. The molecule has 0 saturated carbocycles. The predicted molar refractivity (Wildman–Crippen MR) is 64.3 cm³/mol. The number of carbonyl (C=O) groups excluding carboxylic acids is 2. The Morgan fingerprint density at radius 3 is 2.14 bits per heavy atom. The lowest BCUT2D eigenvalue weighted by Crippen LogP contribution is -2.27. The molecule has 0 atom stereocenters. The number of ether oxygens (including phenoxy) is 3. The Morgan fingerprint density at radius 1 is 1.09 bits per heavy atom. The number of hydrogen-bond acceptors (Lipinski definition) is 6. The molecular formula is C13H12F3O6-. The predicted octanol–water partition coefficient (Wildman–Crippen LogP) is 2.26. The lowest BCUT2D eigenvalue weighted by Gasteiger charge is -2.20. The molecule has 0 amide bonds. The van der Waals surface area contributed by atoms with E-state index in [2.05, 4.69) is 9.47 Å². The van der Waals surface area contributed by atoms with E-state index in [1.807, 2.05) is 0 Å². The summed E-state index contributed by atoms with van der Waals surface area (Å²) in [5.74, 6) is -3.30. The molecule has 0 aromatic heterocycles. The molecule has 0 spiro atoms. The van der Waals surface area contributed by atoms with Crippen LogP contribution in [-0.2, 0) is 4.74 Å². The van der Waals surface area contributed by atoms with Crippen molar-refractivity contribution in [1.29, 1.82) is 0 Å². The summed E-state index contributed by atoms with van der Waals surface area (Å²) in [7, 11) is 0. The van der Waals surface area contributed by atoms with Gasteiger partial charge in [-0.1, -0.05) is 0 Å². The highest BCUT2D eigenvalue weighted by molar-refractivity contribution is 5.87. The molecule has 0 aliphatic heterocycles. The van der Waals surface area contributed by atoms with Gasteiger partial charge in [0.15, 0.2) is 11.5 Å². The van der Waals surface area contributed by atoms with Gasteiger partial charge >= 0.3 is 12.5 Å². The first-order valence-electron chi connectivity index (χ1n) is 5.89. The first-order valence-corrected chi connectivity index (χ1v) is 5.89. The SMILES string of the molecule is CC(C)(C)OC(=O)Oc1cc(C(=O)[O-])ccc1OC(F)(F)F. The second-order valence-corrected chi connectivity index (χ2v) is 5.06. The van der Waals surface area contributed by atoms with Crippen LogP contribution in [0.5, 0.6) is 11.5 Å². The molecule has 0 aliphatic carbocycles. The Labute approximate surface area is 123 Å². The molecule has 0 heterocycles. The van der Waals surface area contributed by atoms with Gasteiger partial charge in [0.25, 0.3) is 0 Å². The molecule has 0 fully saturated rings. The Hall–Kier alpha value is -2.45. The maximum Gasteiger partial charge on any atom is 0.573 e. The number of carbonyl (C=O) groups is 2. The minimum Gasteiger partial charge on any atom is -0.545 e. The number of carboxylic acid groups (broad SMARTS) is 1. The maximum atomic E-state index is 12.3. The van der Waals surface area contributed by atoms with Crippen LogP contribution in [0.4, 0.5) is 18.0 Å². The lowest BCUT2D eigenvalue weighted by atomic mass is 10.2. The average Bonchev–Trinajstić information content (AvgIpc) is 2.26. The van der Waals surface area contributed by atoms with E-state index in [0.29, 0.717) is 12.1 Å². The molecule has 0 aliphatic rings. The second kappa shape index (κ2) is 6.12. The third-order valence-electron chi connectivity index (χ3n) is 1.99. The molecule has 122 valence electrons. The van der Waals surface area contributed by atoms with Gasteiger partial charge in [0.2, 0.25) is 0 Å². The van der Waals surface area contributed by atoms with E-state index in [1.54, 1.807) is 0 Å². The highest BCUT2D eigenvalue weighted by Gasteiger charge is 2.33. The lowest BCUT2D eigenvalue weighted by molar-refractivity contribution is -0.275. The van der Waals surface area contributed by atoms with Crippen LogP contribution < -0.4 is 14.6 Å². The summed E-state index contributed by atoms with van der Waals surface area (Å²) in [5, 5.41) is 10.7. The van der Waals surface area contributed by atoms with E-state index in [-0.39, 0.29) is 0 Å². The Balaban J connectivity index is 3.09. The van der Waals surface area contributed by atoms with Crippen LogP contribution in [0.2, 0.25) is 0 Å². The molecule has 0 bridgehead atoms. The van der Waals surface area contributed by atoms with Crippen LogP contribution in [0.1, 0.15) is 31.1 Å². The minimum atomic E-state index is -5.05. The van der Waals surface area contributed by atoms with Crippen LogP contribution >= 0.6 is 0 Å². The second-order valence-electron chi connectivity index (χ2n) is 5.06. The molecule has 1 aromatic carbocycles. The van der Waals surface area contributed by atoms with Crippen molar-refractivity contribution < 1.29 is 42.1 Å². The van der Waals surface area contributed by atoms with Crippen molar-refractivity contribution in [3.05, 3.63) is 23.8 Å². The third-order valence-corrected chi connectivity index (χ3v) is 1.99. The Bertz CT molecular complexity index is 574. The van der Waals surface area contributed by atoms with Gasteiger partial charge in [-0.2, -0.15) is 0 Å². The summed E-state index contributed by atoms with van der Waals surface area (Å²) < 4.78 is 49.8. The molecule has 9 heteroatoms. The standard InChI is InChI=1S/C13H13F3O6/c1-12(2,3)22-11(19)20-9-6-7(10(17)18)4-5-8(9)21-13(14,15)16/h4-6H,1-3H3,(H,17,18)/p-1. The van der Waals surface area contributed by atoms with Crippen molar-refractivity contribution in [3.8, 4) is 11.5 Å². The number of halogens is 3. The highest BCUT2D eigenvalue weighted by atomic mass is 19.4.